The zero-order valence-corrected chi connectivity index (χ0v) is 12.3. The van der Waals surface area contributed by atoms with E-state index in [0.717, 1.165) is 13.1 Å². The molecule has 1 aliphatic heterocycles. The van der Waals surface area contributed by atoms with Gasteiger partial charge in [0.15, 0.2) is 0 Å². The zero-order valence-electron chi connectivity index (χ0n) is 11.5. The van der Waals surface area contributed by atoms with Crippen LogP contribution in [0, 0.1) is 5.82 Å². The van der Waals surface area contributed by atoms with Crippen molar-refractivity contribution in [3.63, 3.8) is 0 Å². The molecule has 21 heavy (non-hydrogen) atoms. The first-order valence-electron chi connectivity index (χ1n) is 6.90. The van der Waals surface area contributed by atoms with Crippen molar-refractivity contribution in [1.82, 2.24) is 10.2 Å². The minimum absolute atomic E-state index is 0.187. The number of rotatable bonds is 4. The Morgan fingerprint density at radius 3 is 2.52 bits per heavy atom. The van der Waals surface area contributed by atoms with Crippen LogP contribution in [0.4, 0.5) is 16.1 Å². The van der Waals surface area contributed by atoms with Crippen molar-refractivity contribution in [3.8, 4) is 0 Å². The molecule has 0 aliphatic carbocycles. The summed E-state index contributed by atoms with van der Waals surface area (Å²) >= 11 is 5.65. The third-order valence-corrected chi connectivity index (χ3v) is 3.70. The van der Waals surface area contributed by atoms with E-state index in [1.807, 2.05) is 15.9 Å². The molecule has 0 N–H and O–H groups in total. The molecule has 0 saturated carbocycles. The molecule has 0 spiro atoms. The number of hydrogen-bond donors (Lipinski definition) is 0. The Morgan fingerprint density at radius 2 is 1.81 bits per heavy atom. The summed E-state index contributed by atoms with van der Waals surface area (Å²) in [6, 6.07) is 7.35. The van der Waals surface area contributed by atoms with Gasteiger partial charge in [-0.05, 0) is 12.1 Å². The maximum atomic E-state index is 13.8. The molecule has 0 radical (unpaired) electrons. The van der Waals surface area contributed by atoms with E-state index in [0.29, 0.717) is 43.0 Å². The maximum absolute atomic E-state index is 13.8. The lowest BCUT2D eigenvalue weighted by molar-refractivity contribution is 0.478. The molecule has 7 heteroatoms. The average molecular weight is 311 g/mol. The largest absolute Gasteiger partial charge is 0.408 e. The van der Waals surface area contributed by atoms with Crippen molar-refractivity contribution < 1.29 is 8.81 Å². The average Bonchev–Trinajstić information content (AvgIpc) is 2.97. The van der Waals surface area contributed by atoms with Crippen LogP contribution in [0.5, 0.6) is 0 Å². The van der Waals surface area contributed by atoms with E-state index in [9.17, 15) is 4.39 Å². The summed E-state index contributed by atoms with van der Waals surface area (Å²) in [5.74, 6) is 0.826. The Hall–Kier alpha value is -1.82. The van der Waals surface area contributed by atoms with E-state index in [2.05, 4.69) is 10.2 Å². The topological polar surface area (TPSA) is 45.4 Å². The van der Waals surface area contributed by atoms with Crippen LogP contribution in [0.1, 0.15) is 5.89 Å². The molecular formula is C14H16ClFN4O. The van der Waals surface area contributed by atoms with E-state index in [1.54, 1.807) is 12.1 Å². The Morgan fingerprint density at radius 1 is 1.10 bits per heavy atom. The third-order valence-electron chi connectivity index (χ3n) is 3.51. The predicted octanol–water partition coefficient (Wildman–Crippen LogP) is 2.32. The maximum Gasteiger partial charge on any atom is 0.318 e. The first-order valence-corrected chi connectivity index (χ1v) is 7.44. The third kappa shape index (κ3) is 3.10. The first kappa shape index (κ1) is 14.1. The Bertz CT molecular complexity index is 598. The summed E-state index contributed by atoms with van der Waals surface area (Å²) in [7, 11) is 0. The highest BCUT2D eigenvalue weighted by Crippen LogP contribution is 2.22. The van der Waals surface area contributed by atoms with Gasteiger partial charge in [-0.15, -0.1) is 16.7 Å². The molecule has 112 valence electrons. The highest BCUT2D eigenvalue weighted by molar-refractivity contribution is 6.17. The quantitative estimate of drug-likeness (QED) is 0.811. The SMILES string of the molecule is Fc1ccccc1N1CCN(c2nnc(CCCl)o2)CC1. The van der Waals surface area contributed by atoms with Gasteiger partial charge in [0.25, 0.3) is 0 Å². The van der Waals surface area contributed by atoms with E-state index in [4.69, 9.17) is 16.0 Å². The highest BCUT2D eigenvalue weighted by atomic mass is 35.5. The number of halogens is 2. The smallest absolute Gasteiger partial charge is 0.318 e. The van der Waals surface area contributed by atoms with Gasteiger partial charge in [-0.3, -0.25) is 0 Å². The first-order chi connectivity index (χ1) is 10.3. The molecule has 2 aromatic rings. The Balaban J connectivity index is 1.63. The van der Waals surface area contributed by atoms with Gasteiger partial charge in [0.1, 0.15) is 5.82 Å². The molecule has 1 aromatic heterocycles. The molecule has 5 nitrogen and oxygen atoms in total. The van der Waals surface area contributed by atoms with Crippen LogP contribution < -0.4 is 9.80 Å². The van der Waals surface area contributed by atoms with Gasteiger partial charge in [0.2, 0.25) is 5.89 Å². The molecule has 0 unspecified atom stereocenters. The minimum atomic E-state index is -0.187. The normalized spacial score (nSPS) is 15.5. The lowest BCUT2D eigenvalue weighted by atomic mass is 10.2. The van der Waals surface area contributed by atoms with Crippen LogP contribution in [0.3, 0.4) is 0 Å². The number of benzene rings is 1. The second-order valence-electron chi connectivity index (χ2n) is 4.84. The molecule has 0 bridgehead atoms. The van der Waals surface area contributed by atoms with Crippen LogP contribution in [0.15, 0.2) is 28.7 Å². The van der Waals surface area contributed by atoms with Crippen molar-refractivity contribution in [1.29, 1.82) is 0 Å². The van der Waals surface area contributed by atoms with Crippen LogP contribution in [-0.2, 0) is 6.42 Å². The van der Waals surface area contributed by atoms with Crippen molar-refractivity contribution in [2.75, 3.05) is 41.9 Å². The van der Waals surface area contributed by atoms with Gasteiger partial charge in [-0.2, -0.15) is 0 Å². The Labute approximate surface area is 127 Å². The minimum Gasteiger partial charge on any atom is -0.408 e. The fraction of sp³-hybridized carbons (Fsp3) is 0.429. The number of nitrogens with zero attached hydrogens (tertiary/aromatic N) is 4. The number of aryl methyl sites for hydroxylation is 1. The number of alkyl halides is 1. The summed E-state index contributed by atoms with van der Waals surface area (Å²) < 4.78 is 19.3. The van der Waals surface area contributed by atoms with Gasteiger partial charge in [-0.25, -0.2) is 4.39 Å². The van der Waals surface area contributed by atoms with E-state index in [-0.39, 0.29) is 5.82 Å². The van der Waals surface area contributed by atoms with E-state index in [1.165, 1.54) is 6.07 Å². The highest BCUT2D eigenvalue weighted by Gasteiger charge is 2.22. The van der Waals surface area contributed by atoms with E-state index >= 15 is 0 Å². The van der Waals surface area contributed by atoms with Crippen molar-refractivity contribution in [3.05, 3.63) is 36.0 Å². The summed E-state index contributed by atoms with van der Waals surface area (Å²) in [6.45, 7) is 2.87. The molecular weight excluding hydrogens is 295 g/mol. The summed E-state index contributed by atoms with van der Waals surface area (Å²) in [4.78, 5) is 4.05. The molecule has 0 atom stereocenters. The van der Waals surface area contributed by atoms with Crippen LogP contribution in [0.2, 0.25) is 0 Å². The molecule has 1 fully saturated rings. The van der Waals surface area contributed by atoms with Crippen molar-refractivity contribution in [2.45, 2.75) is 6.42 Å². The summed E-state index contributed by atoms with van der Waals surface area (Å²) in [5.41, 5.74) is 0.644. The molecule has 1 saturated heterocycles. The van der Waals surface area contributed by atoms with Gasteiger partial charge in [0, 0.05) is 38.5 Å². The molecule has 2 heterocycles. The summed E-state index contributed by atoms with van der Waals surface area (Å²) in [6.07, 6.45) is 0.573. The molecule has 3 rings (SSSR count). The number of para-hydroxylation sites is 1. The second-order valence-corrected chi connectivity index (χ2v) is 5.22. The lowest BCUT2D eigenvalue weighted by Crippen LogP contribution is -2.47. The number of aromatic nitrogens is 2. The van der Waals surface area contributed by atoms with Crippen molar-refractivity contribution >= 4 is 23.3 Å². The zero-order chi connectivity index (χ0) is 14.7. The monoisotopic (exact) mass is 310 g/mol. The van der Waals surface area contributed by atoms with Gasteiger partial charge >= 0.3 is 6.01 Å². The standard InChI is InChI=1S/C14H16ClFN4O/c15-6-5-13-17-18-14(21-13)20-9-7-19(8-10-20)12-4-2-1-3-11(12)16/h1-4H,5-10H2. The van der Waals surface area contributed by atoms with Gasteiger partial charge in [-0.1, -0.05) is 17.2 Å². The summed E-state index contributed by atoms with van der Waals surface area (Å²) in [5, 5.41) is 7.99. The second kappa shape index (κ2) is 6.30. The number of piperazine rings is 1. The van der Waals surface area contributed by atoms with Crippen LogP contribution >= 0.6 is 11.6 Å². The van der Waals surface area contributed by atoms with E-state index < -0.39 is 0 Å². The van der Waals surface area contributed by atoms with Gasteiger partial charge in [0.05, 0.1) is 5.69 Å². The van der Waals surface area contributed by atoms with Crippen LogP contribution in [0.25, 0.3) is 0 Å². The lowest BCUT2D eigenvalue weighted by Gasteiger charge is -2.35. The fourth-order valence-corrected chi connectivity index (χ4v) is 2.56. The number of anilines is 2. The Kier molecular flexibility index (Phi) is 4.24. The molecule has 0 amide bonds. The fourth-order valence-electron chi connectivity index (χ4n) is 2.40. The molecule has 1 aliphatic rings. The van der Waals surface area contributed by atoms with Crippen LogP contribution in [-0.4, -0.2) is 42.3 Å². The predicted molar refractivity (Wildman–Crippen MR) is 79.5 cm³/mol. The molecule has 1 aromatic carbocycles. The van der Waals surface area contributed by atoms with Gasteiger partial charge < -0.3 is 14.2 Å². The van der Waals surface area contributed by atoms with Crippen molar-refractivity contribution in [2.24, 2.45) is 0 Å². The number of hydrogen-bond acceptors (Lipinski definition) is 5.